The Morgan fingerprint density at radius 1 is 1.21 bits per heavy atom. The molecular formula is C20H16FN3O2S2. The number of thioether (sulfide) groups is 1. The fourth-order valence-electron chi connectivity index (χ4n) is 2.79. The predicted octanol–water partition coefficient (Wildman–Crippen LogP) is 5.58. The van der Waals surface area contributed by atoms with E-state index in [1.54, 1.807) is 18.7 Å². The van der Waals surface area contributed by atoms with Crippen LogP contribution in [0, 0.1) is 19.7 Å². The molecule has 0 spiro atoms. The summed E-state index contributed by atoms with van der Waals surface area (Å²) in [5.41, 5.74) is 3.52. The zero-order valence-electron chi connectivity index (χ0n) is 15.2. The number of aromatic nitrogens is 2. The van der Waals surface area contributed by atoms with E-state index >= 15 is 0 Å². The summed E-state index contributed by atoms with van der Waals surface area (Å²) in [5, 5.41) is 11.8. The largest absolute Gasteiger partial charge is 0.451 e. The summed E-state index contributed by atoms with van der Waals surface area (Å²) < 4.78 is 19.8. The minimum absolute atomic E-state index is 0.143. The molecule has 2 aromatic heterocycles. The van der Waals surface area contributed by atoms with Crippen LogP contribution in [-0.2, 0) is 5.75 Å². The molecule has 0 atom stereocenters. The van der Waals surface area contributed by atoms with E-state index in [0.717, 1.165) is 10.1 Å². The van der Waals surface area contributed by atoms with E-state index in [2.05, 4.69) is 34.6 Å². The molecule has 0 aliphatic rings. The fourth-order valence-corrected chi connectivity index (χ4v) is 4.62. The molecule has 142 valence electrons. The summed E-state index contributed by atoms with van der Waals surface area (Å²) in [6, 6.07) is 12.3. The zero-order chi connectivity index (χ0) is 19.7. The first kappa shape index (κ1) is 18.6. The molecule has 8 heteroatoms. The molecule has 28 heavy (non-hydrogen) atoms. The van der Waals surface area contributed by atoms with Crippen LogP contribution in [0.3, 0.4) is 0 Å². The van der Waals surface area contributed by atoms with Gasteiger partial charge < -0.3 is 4.42 Å². The molecule has 0 saturated carbocycles. The fraction of sp³-hybridized carbons (Fsp3) is 0.150. The highest BCUT2D eigenvalue weighted by molar-refractivity contribution is 8.00. The molecule has 0 bridgehead atoms. The lowest BCUT2D eigenvalue weighted by atomic mass is 10.1. The maximum atomic E-state index is 13.4. The van der Waals surface area contributed by atoms with Gasteiger partial charge in [0.2, 0.25) is 5.13 Å². The third-order valence-corrected chi connectivity index (χ3v) is 6.36. The van der Waals surface area contributed by atoms with Gasteiger partial charge in [-0.15, -0.1) is 10.2 Å². The zero-order valence-corrected chi connectivity index (χ0v) is 16.8. The van der Waals surface area contributed by atoms with Crippen LogP contribution in [-0.4, -0.2) is 16.1 Å². The average molecular weight is 413 g/mol. The Morgan fingerprint density at radius 2 is 2.04 bits per heavy atom. The Kier molecular flexibility index (Phi) is 5.15. The highest BCUT2D eigenvalue weighted by Gasteiger charge is 2.19. The predicted molar refractivity (Wildman–Crippen MR) is 110 cm³/mol. The first-order valence-electron chi connectivity index (χ1n) is 8.52. The highest BCUT2D eigenvalue weighted by atomic mass is 32.2. The van der Waals surface area contributed by atoms with Gasteiger partial charge in [0, 0.05) is 16.7 Å². The van der Waals surface area contributed by atoms with Crippen molar-refractivity contribution < 1.29 is 13.6 Å². The summed E-state index contributed by atoms with van der Waals surface area (Å²) in [6.45, 7) is 3.80. The highest BCUT2D eigenvalue weighted by Crippen LogP contribution is 2.30. The number of hydrogen-bond acceptors (Lipinski definition) is 6. The Hall–Kier alpha value is -2.71. The monoisotopic (exact) mass is 413 g/mol. The van der Waals surface area contributed by atoms with Crippen molar-refractivity contribution >= 4 is 45.1 Å². The van der Waals surface area contributed by atoms with Crippen molar-refractivity contribution in [3.8, 4) is 0 Å². The van der Waals surface area contributed by atoms with Gasteiger partial charge in [-0.3, -0.25) is 10.1 Å². The van der Waals surface area contributed by atoms with E-state index in [9.17, 15) is 9.18 Å². The number of anilines is 1. The summed E-state index contributed by atoms with van der Waals surface area (Å²) in [5.74, 6) is 0.122. The Morgan fingerprint density at radius 3 is 2.86 bits per heavy atom. The molecule has 0 aliphatic heterocycles. The molecule has 2 aromatic carbocycles. The third kappa shape index (κ3) is 3.79. The quantitative estimate of drug-likeness (QED) is 0.341. The number of rotatable bonds is 5. The summed E-state index contributed by atoms with van der Waals surface area (Å²) in [4.78, 5) is 12.6. The van der Waals surface area contributed by atoms with Crippen molar-refractivity contribution in [3.05, 3.63) is 70.7 Å². The molecule has 4 aromatic rings. The Bertz CT molecular complexity index is 1170. The number of amides is 1. The number of nitrogens with one attached hydrogen (secondary N) is 1. The van der Waals surface area contributed by atoms with Gasteiger partial charge in [0.25, 0.3) is 5.91 Å². The van der Waals surface area contributed by atoms with Crippen molar-refractivity contribution in [2.45, 2.75) is 23.9 Å². The molecular weight excluding hydrogens is 397 g/mol. The molecule has 4 rings (SSSR count). The van der Waals surface area contributed by atoms with Crippen LogP contribution >= 0.6 is 23.1 Å². The maximum absolute atomic E-state index is 13.4. The third-order valence-electron chi connectivity index (χ3n) is 4.34. The van der Waals surface area contributed by atoms with Crippen LogP contribution in [0.4, 0.5) is 9.52 Å². The maximum Gasteiger partial charge on any atom is 0.293 e. The number of hydrogen-bond donors (Lipinski definition) is 1. The lowest BCUT2D eigenvalue weighted by Gasteiger charge is -2.02. The molecule has 5 nitrogen and oxygen atoms in total. The number of fused-ring (bicyclic) bond motifs is 1. The molecule has 0 fully saturated rings. The van der Waals surface area contributed by atoms with Crippen molar-refractivity contribution in [3.63, 3.8) is 0 Å². The van der Waals surface area contributed by atoms with Crippen molar-refractivity contribution in [2.24, 2.45) is 0 Å². The molecule has 0 saturated heterocycles. The summed E-state index contributed by atoms with van der Waals surface area (Å²) in [7, 11) is 0. The van der Waals surface area contributed by atoms with Gasteiger partial charge in [0.05, 0.1) is 0 Å². The topological polar surface area (TPSA) is 68.0 Å². The van der Waals surface area contributed by atoms with Crippen LogP contribution in [0.1, 0.15) is 27.2 Å². The van der Waals surface area contributed by atoms with Gasteiger partial charge in [0.15, 0.2) is 10.1 Å². The molecule has 0 aliphatic carbocycles. The second kappa shape index (κ2) is 7.73. The molecule has 1 N–H and O–H groups in total. The van der Waals surface area contributed by atoms with E-state index in [1.165, 1.54) is 40.7 Å². The van der Waals surface area contributed by atoms with Crippen LogP contribution in [0.15, 0.2) is 51.2 Å². The Labute approximate surface area is 169 Å². The van der Waals surface area contributed by atoms with E-state index in [0.29, 0.717) is 21.7 Å². The number of carbonyl (C=O) groups excluding carboxylic acids is 1. The second-order valence-electron chi connectivity index (χ2n) is 6.24. The first-order valence-corrected chi connectivity index (χ1v) is 10.3. The van der Waals surface area contributed by atoms with Crippen LogP contribution in [0.2, 0.25) is 0 Å². The number of aryl methyl sites for hydroxylation is 2. The normalized spacial score (nSPS) is 11.1. The molecule has 2 heterocycles. The SMILES string of the molecule is Cc1ccccc1CSc1nnc(NC(=O)c2oc3ccc(F)cc3c2C)s1. The van der Waals surface area contributed by atoms with Gasteiger partial charge in [0.1, 0.15) is 11.4 Å². The van der Waals surface area contributed by atoms with Gasteiger partial charge in [-0.1, -0.05) is 47.4 Å². The van der Waals surface area contributed by atoms with Gasteiger partial charge in [-0.25, -0.2) is 4.39 Å². The van der Waals surface area contributed by atoms with E-state index in [-0.39, 0.29) is 11.6 Å². The smallest absolute Gasteiger partial charge is 0.293 e. The number of halogens is 1. The van der Waals surface area contributed by atoms with Gasteiger partial charge in [-0.05, 0) is 43.2 Å². The minimum atomic E-state index is -0.430. The lowest BCUT2D eigenvalue weighted by molar-refractivity contribution is 0.0998. The Balaban J connectivity index is 1.46. The number of nitrogens with zero attached hydrogens (tertiary/aromatic N) is 2. The van der Waals surface area contributed by atoms with Crippen LogP contribution < -0.4 is 5.32 Å². The van der Waals surface area contributed by atoms with E-state index in [1.807, 2.05) is 12.1 Å². The number of benzene rings is 2. The first-order chi connectivity index (χ1) is 13.5. The standard InChI is InChI=1S/C20H16FN3O2S2/c1-11-5-3-4-6-13(11)10-27-20-24-23-19(28-20)22-18(25)17-12(2)15-9-14(21)7-8-16(15)26-17/h3-9H,10H2,1-2H3,(H,22,23,25). The number of carbonyl (C=O) groups is 1. The van der Waals surface area contributed by atoms with Crippen LogP contribution in [0.25, 0.3) is 11.0 Å². The van der Waals surface area contributed by atoms with Gasteiger partial charge in [-0.2, -0.15) is 0 Å². The van der Waals surface area contributed by atoms with E-state index < -0.39 is 5.91 Å². The summed E-state index contributed by atoms with van der Waals surface area (Å²) >= 11 is 2.87. The van der Waals surface area contributed by atoms with E-state index in [4.69, 9.17) is 4.42 Å². The average Bonchev–Trinajstić information content (AvgIpc) is 3.25. The van der Waals surface area contributed by atoms with Gasteiger partial charge >= 0.3 is 0 Å². The minimum Gasteiger partial charge on any atom is -0.451 e. The van der Waals surface area contributed by atoms with Crippen molar-refractivity contribution in [1.29, 1.82) is 0 Å². The second-order valence-corrected chi connectivity index (χ2v) is 8.44. The molecule has 1 amide bonds. The van der Waals surface area contributed by atoms with Crippen LogP contribution in [0.5, 0.6) is 0 Å². The molecule has 0 unspecified atom stereocenters. The summed E-state index contributed by atoms with van der Waals surface area (Å²) in [6.07, 6.45) is 0. The van der Waals surface area contributed by atoms with Crippen molar-refractivity contribution in [2.75, 3.05) is 5.32 Å². The number of furan rings is 1. The van der Waals surface area contributed by atoms with Crippen molar-refractivity contribution in [1.82, 2.24) is 10.2 Å². The lowest BCUT2D eigenvalue weighted by Crippen LogP contribution is -2.11. The molecule has 0 radical (unpaired) electrons.